The number of carbonyl (C=O) groups excluding carboxylic acids is 3. The smallest absolute Gasteiger partial charge is 0.262 e. The molecule has 3 amide bonds. The molecule has 1 atom stereocenters. The highest BCUT2D eigenvalue weighted by atomic mass is 16.2. The van der Waals surface area contributed by atoms with Crippen LogP contribution in [-0.2, 0) is 14.4 Å². The molecule has 2 fully saturated rings. The molecule has 2 saturated heterocycles. The van der Waals surface area contributed by atoms with E-state index in [0.29, 0.717) is 18.5 Å². The van der Waals surface area contributed by atoms with E-state index < -0.39 is 17.9 Å². The van der Waals surface area contributed by atoms with Crippen LogP contribution in [0.2, 0.25) is 0 Å². The zero-order chi connectivity index (χ0) is 14.9. The van der Waals surface area contributed by atoms with Crippen molar-refractivity contribution in [1.29, 1.82) is 0 Å². The molecule has 0 bridgehead atoms. The van der Waals surface area contributed by atoms with Crippen molar-refractivity contribution in [2.45, 2.75) is 25.8 Å². The summed E-state index contributed by atoms with van der Waals surface area (Å²) in [4.78, 5) is 37.4. The van der Waals surface area contributed by atoms with Crippen molar-refractivity contribution >= 4 is 17.7 Å². The van der Waals surface area contributed by atoms with Gasteiger partial charge in [-0.25, -0.2) is 0 Å². The van der Waals surface area contributed by atoms with Crippen LogP contribution < -0.4 is 5.32 Å². The molecule has 104 valence electrons. The fourth-order valence-corrected chi connectivity index (χ4v) is 2.27. The van der Waals surface area contributed by atoms with Gasteiger partial charge in [-0.1, -0.05) is 25.3 Å². The summed E-state index contributed by atoms with van der Waals surface area (Å²) in [5.74, 6) is -1.34. The minimum atomic E-state index is -0.784. The molecule has 0 aromatic carbocycles. The molecule has 2 heterocycles. The van der Waals surface area contributed by atoms with Gasteiger partial charge in [-0.2, -0.15) is 0 Å². The second-order valence-electron chi connectivity index (χ2n) is 4.71. The SMILES string of the molecule is C=C1CCC(N2C(=O)C(=C)/C(=C\C=C/C)C2=O)C(=O)N1. The fourth-order valence-electron chi connectivity index (χ4n) is 2.27. The van der Waals surface area contributed by atoms with Crippen LogP contribution in [0.4, 0.5) is 0 Å². The van der Waals surface area contributed by atoms with Gasteiger partial charge in [0.1, 0.15) is 6.04 Å². The first-order valence-electron chi connectivity index (χ1n) is 6.36. The minimum Gasteiger partial charge on any atom is -0.329 e. The maximum Gasteiger partial charge on any atom is 0.262 e. The second-order valence-corrected chi connectivity index (χ2v) is 4.71. The number of likely N-dealkylation sites (tertiary alicyclic amines) is 1. The van der Waals surface area contributed by atoms with Crippen molar-refractivity contribution in [3.05, 3.63) is 48.2 Å². The van der Waals surface area contributed by atoms with Gasteiger partial charge in [0, 0.05) is 11.3 Å². The van der Waals surface area contributed by atoms with Crippen molar-refractivity contribution < 1.29 is 14.4 Å². The number of allylic oxidation sites excluding steroid dienone is 4. The van der Waals surface area contributed by atoms with Gasteiger partial charge in [-0.15, -0.1) is 0 Å². The zero-order valence-electron chi connectivity index (χ0n) is 11.3. The van der Waals surface area contributed by atoms with Gasteiger partial charge in [-0.3, -0.25) is 19.3 Å². The molecule has 0 saturated carbocycles. The Morgan fingerprint density at radius 1 is 1.25 bits per heavy atom. The lowest BCUT2D eigenvalue weighted by Gasteiger charge is -2.29. The van der Waals surface area contributed by atoms with Crippen molar-refractivity contribution in [3.63, 3.8) is 0 Å². The van der Waals surface area contributed by atoms with E-state index in [9.17, 15) is 14.4 Å². The number of piperidine rings is 1. The summed E-state index contributed by atoms with van der Waals surface area (Å²) in [6, 6.07) is -0.784. The number of amides is 3. The van der Waals surface area contributed by atoms with Gasteiger partial charge in [0.25, 0.3) is 11.8 Å². The van der Waals surface area contributed by atoms with E-state index in [2.05, 4.69) is 18.5 Å². The van der Waals surface area contributed by atoms with Crippen molar-refractivity contribution in [3.8, 4) is 0 Å². The molecule has 0 aromatic heterocycles. The van der Waals surface area contributed by atoms with Gasteiger partial charge in [0.15, 0.2) is 0 Å². The largest absolute Gasteiger partial charge is 0.329 e. The number of nitrogens with one attached hydrogen (secondary N) is 1. The third-order valence-corrected chi connectivity index (χ3v) is 3.34. The predicted octanol–water partition coefficient (Wildman–Crippen LogP) is 1.21. The third kappa shape index (κ3) is 2.22. The topological polar surface area (TPSA) is 66.5 Å². The lowest BCUT2D eigenvalue weighted by Crippen LogP contribution is -2.51. The van der Waals surface area contributed by atoms with Gasteiger partial charge in [-0.05, 0) is 25.8 Å². The Kier molecular flexibility index (Phi) is 3.70. The van der Waals surface area contributed by atoms with Gasteiger partial charge >= 0.3 is 0 Å². The van der Waals surface area contributed by atoms with Crippen LogP contribution in [0.15, 0.2) is 48.2 Å². The van der Waals surface area contributed by atoms with E-state index >= 15 is 0 Å². The van der Waals surface area contributed by atoms with Gasteiger partial charge in [0.2, 0.25) is 5.91 Å². The Morgan fingerprint density at radius 3 is 2.55 bits per heavy atom. The second kappa shape index (κ2) is 5.28. The van der Waals surface area contributed by atoms with Crippen LogP contribution in [0.5, 0.6) is 0 Å². The molecule has 0 radical (unpaired) electrons. The molecule has 20 heavy (non-hydrogen) atoms. The van der Waals surface area contributed by atoms with Crippen LogP contribution in [0.3, 0.4) is 0 Å². The van der Waals surface area contributed by atoms with E-state index in [4.69, 9.17) is 0 Å². The molecule has 5 nitrogen and oxygen atoms in total. The fraction of sp³-hybridized carbons (Fsp3) is 0.267. The average Bonchev–Trinajstić information content (AvgIpc) is 2.60. The first kappa shape index (κ1) is 14.0. The lowest BCUT2D eigenvalue weighted by atomic mass is 10.0. The minimum absolute atomic E-state index is 0.130. The Morgan fingerprint density at radius 2 is 1.95 bits per heavy atom. The van der Waals surface area contributed by atoms with Crippen molar-refractivity contribution in [2.24, 2.45) is 0 Å². The van der Waals surface area contributed by atoms with Crippen LogP contribution >= 0.6 is 0 Å². The Bertz CT molecular complexity index is 584. The summed E-state index contributed by atoms with van der Waals surface area (Å²) < 4.78 is 0. The van der Waals surface area contributed by atoms with Crippen molar-refractivity contribution in [1.82, 2.24) is 10.2 Å². The first-order valence-corrected chi connectivity index (χ1v) is 6.36. The average molecular weight is 272 g/mol. The molecule has 1 N–H and O–H groups in total. The van der Waals surface area contributed by atoms with E-state index in [1.807, 2.05) is 0 Å². The molecule has 0 aromatic rings. The molecule has 0 spiro atoms. The highest BCUT2D eigenvalue weighted by Gasteiger charge is 2.44. The Balaban J connectivity index is 2.31. The summed E-state index contributed by atoms with van der Waals surface area (Å²) >= 11 is 0. The number of hydrogen-bond acceptors (Lipinski definition) is 3. The molecule has 2 aliphatic rings. The van der Waals surface area contributed by atoms with Crippen molar-refractivity contribution in [2.75, 3.05) is 0 Å². The van der Waals surface area contributed by atoms with E-state index in [-0.39, 0.29) is 17.1 Å². The first-order chi connectivity index (χ1) is 9.47. The van der Waals surface area contributed by atoms with Crippen LogP contribution in [0, 0.1) is 0 Å². The quantitative estimate of drug-likeness (QED) is 0.607. The predicted molar refractivity (Wildman–Crippen MR) is 74.2 cm³/mol. The Labute approximate surface area is 117 Å². The maximum absolute atomic E-state index is 12.3. The molecule has 5 heteroatoms. The lowest BCUT2D eigenvalue weighted by molar-refractivity contribution is -0.145. The monoisotopic (exact) mass is 272 g/mol. The molecular formula is C15H16N2O3. The molecular weight excluding hydrogens is 256 g/mol. The normalized spacial score (nSPS) is 26.1. The van der Waals surface area contributed by atoms with Gasteiger partial charge in [0.05, 0.1) is 5.57 Å². The number of rotatable bonds is 2. The summed E-state index contributed by atoms with van der Waals surface area (Å²) in [6.07, 6.45) is 5.90. The summed E-state index contributed by atoms with van der Waals surface area (Å²) in [5, 5.41) is 2.58. The number of nitrogens with zero attached hydrogens (tertiary/aromatic N) is 1. The summed E-state index contributed by atoms with van der Waals surface area (Å²) in [6.45, 7) is 9.12. The van der Waals surface area contributed by atoms with Crippen LogP contribution in [-0.4, -0.2) is 28.7 Å². The molecule has 0 aliphatic carbocycles. The van der Waals surface area contributed by atoms with E-state index in [1.165, 1.54) is 0 Å². The van der Waals surface area contributed by atoms with Crippen LogP contribution in [0.1, 0.15) is 19.8 Å². The van der Waals surface area contributed by atoms with Crippen LogP contribution in [0.25, 0.3) is 0 Å². The highest BCUT2D eigenvalue weighted by molar-refractivity contribution is 6.25. The number of hydrogen-bond donors (Lipinski definition) is 1. The highest BCUT2D eigenvalue weighted by Crippen LogP contribution is 2.29. The molecule has 1 unspecified atom stereocenters. The number of carbonyl (C=O) groups is 3. The van der Waals surface area contributed by atoms with E-state index in [1.54, 1.807) is 25.2 Å². The summed E-state index contributed by atoms with van der Waals surface area (Å²) in [7, 11) is 0. The number of imide groups is 1. The Hall–Kier alpha value is -2.43. The maximum atomic E-state index is 12.3. The van der Waals surface area contributed by atoms with Gasteiger partial charge < -0.3 is 5.32 Å². The standard InChI is InChI=1S/C15H16N2O3/c1-4-5-6-11-10(3)14(19)17(15(11)20)12-8-7-9(2)16-13(12)18/h4-6,12H,2-3,7-8H2,1H3,(H,16,18)/b5-4-,11-6+. The summed E-state index contributed by atoms with van der Waals surface area (Å²) in [5.41, 5.74) is 0.976. The molecule has 2 aliphatic heterocycles. The third-order valence-electron chi connectivity index (χ3n) is 3.34. The molecule has 2 rings (SSSR count). The van der Waals surface area contributed by atoms with E-state index in [0.717, 1.165) is 4.90 Å². The zero-order valence-corrected chi connectivity index (χ0v) is 11.3.